The summed E-state index contributed by atoms with van der Waals surface area (Å²) in [5.41, 5.74) is 3.36. The SMILES string of the molecule is Cc1cc2c3c(c(C(=O)O)[nH]c3c1)CCC2=O. The van der Waals surface area contributed by atoms with E-state index >= 15 is 0 Å². The lowest BCUT2D eigenvalue weighted by Gasteiger charge is -2.12. The second-order valence-electron chi connectivity index (χ2n) is 4.44. The minimum Gasteiger partial charge on any atom is -0.477 e. The number of aromatic amines is 1. The first-order valence-electron chi connectivity index (χ1n) is 5.49. The highest BCUT2D eigenvalue weighted by atomic mass is 16.4. The molecule has 0 radical (unpaired) electrons. The van der Waals surface area contributed by atoms with Gasteiger partial charge in [-0.05, 0) is 36.6 Å². The number of nitrogens with one attached hydrogen (secondary N) is 1. The van der Waals surface area contributed by atoms with Crippen molar-refractivity contribution in [1.82, 2.24) is 4.98 Å². The van der Waals surface area contributed by atoms with Gasteiger partial charge in [-0.25, -0.2) is 4.79 Å². The minimum absolute atomic E-state index is 0.0992. The van der Waals surface area contributed by atoms with Gasteiger partial charge in [-0.1, -0.05) is 0 Å². The van der Waals surface area contributed by atoms with Crippen LogP contribution in [0.4, 0.5) is 0 Å². The van der Waals surface area contributed by atoms with E-state index in [1.54, 1.807) is 0 Å². The molecule has 1 aliphatic rings. The normalized spacial score (nSPS) is 14.3. The third-order valence-electron chi connectivity index (χ3n) is 3.26. The summed E-state index contributed by atoms with van der Waals surface area (Å²) in [5.74, 6) is -0.865. The number of carboxylic acid groups (broad SMARTS) is 1. The first-order valence-corrected chi connectivity index (χ1v) is 5.49. The standard InChI is InChI=1S/C13H11NO3/c1-6-4-8-10(15)3-2-7-11(8)9(5-6)14-12(7)13(16)17/h4-5,14H,2-3H2,1H3,(H,16,17). The van der Waals surface area contributed by atoms with Gasteiger partial charge in [0, 0.05) is 22.9 Å². The van der Waals surface area contributed by atoms with Crippen molar-refractivity contribution in [3.05, 3.63) is 34.5 Å². The number of H-pyrrole nitrogens is 1. The minimum atomic E-state index is -0.964. The van der Waals surface area contributed by atoms with Crippen LogP contribution in [0.15, 0.2) is 12.1 Å². The maximum atomic E-state index is 11.8. The molecule has 0 saturated carbocycles. The largest absolute Gasteiger partial charge is 0.477 e. The van der Waals surface area contributed by atoms with Gasteiger partial charge in [-0.2, -0.15) is 0 Å². The molecule has 86 valence electrons. The van der Waals surface area contributed by atoms with E-state index in [1.807, 2.05) is 19.1 Å². The fourth-order valence-corrected chi connectivity index (χ4v) is 2.57. The van der Waals surface area contributed by atoms with Gasteiger partial charge in [-0.3, -0.25) is 4.79 Å². The summed E-state index contributed by atoms with van der Waals surface area (Å²) in [6, 6.07) is 3.72. The summed E-state index contributed by atoms with van der Waals surface area (Å²) in [7, 11) is 0. The molecule has 4 heteroatoms. The fourth-order valence-electron chi connectivity index (χ4n) is 2.57. The van der Waals surface area contributed by atoms with Crippen molar-refractivity contribution in [2.24, 2.45) is 0 Å². The third kappa shape index (κ3) is 1.30. The molecule has 0 fully saturated rings. The second kappa shape index (κ2) is 3.20. The lowest BCUT2D eigenvalue weighted by molar-refractivity contribution is 0.0689. The van der Waals surface area contributed by atoms with Crippen molar-refractivity contribution < 1.29 is 14.7 Å². The van der Waals surface area contributed by atoms with Crippen LogP contribution >= 0.6 is 0 Å². The molecule has 1 aromatic heterocycles. The number of aryl methyl sites for hydroxylation is 2. The Labute approximate surface area is 97.3 Å². The Hall–Kier alpha value is -2.10. The van der Waals surface area contributed by atoms with E-state index in [0.29, 0.717) is 18.4 Å². The molecule has 4 nitrogen and oxygen atoms in total. The Balaban J connectivity index is 2.47. The summed E-state index contributed by atoms with van der Waals surface area (Å²) >= 11 is 0. The Kier molecular flexibility index (Phi) is 1.90. The predicted octanol–water partition coefficient (Wildman–Crippen LogP) is 2.30. The number of carboxylic acids is 1. The van der Waals surface area contributed by atoms with Crippen molar-refractivity contribution in [3.8, 4) is 0 Å². The molecule has 1 aromatic carbocycles. The zero-order valence-electron chi connectivity index (χ0n) is 9.33. The Morgan fingerprint density at radius 2 is 2.12 bits per heavy atom. The average molecular weight is 229 g/mol. The lowest BCUT2D eigenvalue weighted by atomic mass is 9.89. The number of hydrogen-bond acceptors (Lipinski definition) is 2. The maximum absolute atomic E-state index is 11.8. The highest BCUT2D eigenvalue weighted by molar-refractivity contribution is 6.13. The summed E-state index contributed by atoms with van der Waals surface area (Å²) in [5, 5.41) is 9.93. The lowest BCUT2D eigenvalue weighted by Crippen LogP contribution is -2.10. The van der Waals surface area contributed by atoms with Gasteiger partial charge >= 0.3 is 5.97 Å². The number of benzene rings is 1. The fraction of sp³-hybridized carbons (Fsp3) is 0.231. The number of aromatic nitrogens is 1. The van der Waals surface area contributed by atoms with E-state index < -0.39 is 5.97 Å². The Bertz CT molecular complexity index is 667. The molecule has 0 saturated heterocycles. The number of Topliss-reactive ketones (excluding diaryl/α,β-unsaturated/α-hetero) is 1. The smallest absolute Gasteiger partial charge is 0.352 e. The van der Waals surface area contributed by atoms with Crippen LogP contribution in [0.1, 0.15) is 38.4 Å². The molecule has 0 bridgehead atoms. The molecule has 1 aliphatic carbocycles. The number of carbonyl (C=O) groups is 2. The van der Waals surface area contributed by atoms with Crippen molar-refractivity contribution in [1.29, 1.82) is 0 Å². The summed E-state index contributed by atoms with van der Waals surface area (Å²) in [6.45, 7) is 1.90. The first-order chi connectivity index (χ1) is 8.08. The van der Waals surface area contributed by atoms with Crippen molar-refractivity contribution in [2.75, 3.05) is 0 Å². The van der Waals surface area contributed by atoms with Crippen molar-refractivity contribution in [3.63, 3.8) is 0 Å². The Morgan fingerprint density at radius 1 is 1.35 bits per heavy atom. The topological polar surface area (TPSA) is 70.2 Å². The summed E-state index contributed by atoms with van der Waals surface area (Å²) in [4.78, 5) is 25.9. The van der Waals surface area contributed by atoms with Crippen molar-refractivity contribution >= 4 is 22.7 Å². The Morgan fingerprint density at radius 3 is 2.82 bits per heavy atom. The van der Waals surface area contributed by atoms with Gasteiger partial charge in [0.25, 0.3) is 0 Å². The monoisotopic (exact) mass is 229 g/mol. The number of aromatic carboxylic acids is 1. The van der Waals surface area contributed by atoms with Gasteiger partial charge < -0.3 is 10.1 Å². The van der Waals surface area contributed by atoms with Crippen LogP contribution in [0.25, 0.3) is 10.9 Å². The van der Waals surface area contributed by atoms with E-state index in [4.69, 9.17) is 5.11 Å². The number of carbonyl (C=O) groups excluding carboxylic acids is 1. The van der Waals surface area contributed by atoms with Crippen LogP contribution in [0.5, 0.6) is 0 Å². The summed E-state index contributed by atoms with van der Waals surface area (Å²) in [6.07, 6.45) is 0.903. The second-order valence-corrected chi connectivity index (χ2v) is 4.44. The highest BCUT2D eigenvalue weighted by Gasteiger charge is 2.26. The zero-order chi connectivity index (χ0) is 12.2. The van der Waals surface area contributed by atoms with E-state index in [9.17, 15) is 9.59 Å². The third-order valence-corrected chi connectivity index (χ3v) is 3.26. The molecule has 0 unspecified atom stereocenters. The average Bonchev–Trinajstić information content (AvgIpc) is 2.63. The predicted molar refractivity (Wildman–Crippen MR) is 62.6 cm³/mol. The van der Waals surface area contributed by atoms with E-state index in [-0.39, 0.29) is 11.5 Å². The van der Waals surface area contributed by atoms with E-state index in [2.05, 4.69) is 4.98 Å². The number of ketones is 1. The van der Waals surface area contributed by atoms with Crippen molar-refractivity contribution in [2.45, 2.75) is 19.8 Å². The molecule has 2 N–H and O–H groups in total. The molecule has 0 aliphatic heterocycles. The highest BCUT2D eigenvalue weighted by Crippen LogP contribution is 2.33. The molecular formula is C13H11NO3. The molecule has 2 aromatic rings. The van der Waals surface area contributed by atoms with E-state index in [1.165, 1.54) is 0 Å². The summed E-state index contributed by atoms with van der Waals surface area (Å²) < 4.78 is 0. The molecular weight excluding hydrogens is 218 g/mol. The zero-order valence-corrected chi connectivity index (χ0v) is 9.33. The first kappa shape index (κ1) is 10.1. The molecule has 1 heterocycles. The molecule has 17 heavy (non-hydrogen) atoms. The van der Waals surface area contributed by atoms with Crippen LogP contribution < -0.4 is 0 Å². The van der Waals surface area contributed by atoms with Gasteiger partial charge in [0.15, 0.2) is 5.78 Å². The number of rotatable bonds is 1. The molecule has 0 amide bonds. The van der Waals surface area contributed by atoms with Crippen LogP contribution in [0.2, 0.25) is 0 Å². The van der Waals surface area contributed by atoms with Crippen LogP contribution in [0, 0.1) is 6.92 Å². The van der Waals surface area contributed by atoms with Crippen LogP contribution in [-0.4, -0.2) is 21.8 Å². The molecule has 0 spiro atoms. The van der Waals surface area contributed by atoms with E-state index in [0.717, 1.165) is 22.0 Å². The van der Waals surface area contributed by atoms with Gasteiger partial charge in [0.05, 0.1) is 0 Å². The van der Waals surface area contributed by atoms with Crippen LogP contribution in [-0.2, 0) is 6.42 Å². The molecule has 0 atom stereocenters. The van der Waals surface area contributed by atoms with Gasteiger partial charge in [0.1, 0.15) is 5.69 Å². The van der Waals surface area contributed by atoms with Gasteiger partial charge in [0.2, 0.25) is 0 Å². The maximum Gasteiger partial charge on any atom is 0.352 e. The van der Waals surface area contributed by atoms with Gasteiger partial charge in [-0.15, -0.1) is 0 Å². The quantitative estimate of drug-likeness (QED) is 0.788. The van der Waals surface area contributed by atoms with Crippen LogP contribution in [0.3, 0.4) is 0 Å². The molecule has 3 rings (SSSR count). The number of hydrogen-bond donors (Lipinski definition) is 2.